The molecule has 4 amide bonds. The summed E-state index contributed by atoms with van der Waals surface area (Å²) < 4.78 is 0.869. The van der Waals surface area contributed by atoms with Gasteiger partial charge in [0, 0.05) is 107 Å². The summed E-state index contributed by atoms with van der Waals surface area (Å²) >= 11 is 3.56. The van der Waals surface area contributed by atoms with E-state index >= 15 is 0 Å². The van der Waals surface area contributed by atoms with Gasteiger partial charge in [-0.2, -0.15) is 0 Å². The number of hydrogen-bond donors (Lipinski definition) is 1. The lowest BCUT2D eigenvalue weighted by molar-refractivity contribution is 0.0584. The summed E-state index contributed by atoms with van der Waals surface area (Å²) in [6.45, 7) is 8.04. The van der Waals surface area contributed by atoms with Crippen LogP contribution in [0.15, 0.2) is 65.1 Å². The fourth-order valence-corrected chi connectivity index (χ4v) is 8.38. The first-order valence-electron chi connectivity index (χ1n) is 18.2. The van der Waals surface area contributed by atoms with Crippen molar-refractivity contribution >= 4 is 66.8 Å². The Hall–Kier alpha value is -4.16. The van der Waals surface area contributed by atoms with Crippen LogP contribution >= 0.6 is 15.9 Å². The van der Waals surface area contributed by atoms with Crippen molar-refractivity contribution in [2.45, 2.75) is 19.3 Å². The molecule has 0 spiro atoms. The predicted octanol–water partition coefficient (Wildman–Crippen LogP) is 5.09. The minimum absolute atomic E-state index is 0.236. The highest BCUT2D eigenvalue weighted by molar-refractivity contribution is 9.10. The van der Waals surface area contributed by atoms with E-state index in [9.17, 15) is 19.2 Å². The summed E-state index contributed by atoms with van der Waals surface area (Å²) in [6, 6.07) is 19.0. The lowest BCUT2D eigenvalue weighted by Gasteiger charge is -2.35. The van der Waals surface area contributed by atoms with Gasteiger partial charge < -0.3 is 20.0 Å². The molecule has 1 aliphatic carbocycles. The molecule has 3 heterocycles. The van der Waals surface area contributed by atoms with Gasteiger partial charge >= 0.3 is 0 Å². The third kappa shape index (κ3) is 6.45. The lowest BCUT2D eigenvalue weighted by Crippen LogP contribution is -2.45. The maximum absolute atomic E-state index is 13.6. The first-order valence-corrected chi connectivity index (χ1v) is 19.0. The summed E-state index contributed by atoms with van der Waals surface area (Å²) in [5.74, 6) is -0.280. The van der Waals surface area contributed by atoms with Crippen molar-refractivity contribution in [2.24, 2.45) is 5.92 Å². The molecule has 1 N–H and O–H groups in total. The molecule has 11 heteroatoms. The molecule has 51 heavy (non-hydrogen) atoms. The maximum atomic E-state index is 13.6. The van der Waals surface area contributed by atoms with Crippen LogP contribution in [0.1, 0.15) is 60.7 Å². The average Bonchev–Trinajstić information content (AvgIpc) is 3.97. The molecule has 2 fully saturated rings. The minimum atomic E-state index is -0.237. The van der Waals surface area contributed by atoms with Crippen molar-refractivity contribution in [2.75, 3.05) is 83.9 Å². The Balaban J connectivity index is 0.852. The van der Waals surface area contributed by atoms with Gasteiger partial charge in [-0.1, -0.05) is 40.2 Å². The van der Waals surface area contributed by atoms with E-state index in [1.54, 1.807) is 6.07 Å². The van der Waals surface area contributed by atoms with Gasteiger partial charge in [0.2, 0.25) is 0 Å². The molecule has 4 aromatic carbocycles. The summed E-state index contributed by atoms with van der Waals surface area (Å²) in [7, 11) is 2.13. The van der Waals surface area contributed by atoms with Crippen molar-refractivity contribution in [3.63, 3.8) is 0 Å². The summed E-state index contributed by atoms with van der Waals surface area (Å²) in [4.78, 5) is 64.1. The number of carbonyl (C=O) groups is 4. The molecule has 264 valence electrons. The third-order valence-electron chi connectivity index (χ3n) is 10.9. The number of rotatable bonds is 13. The lowest BCUT2D eigenvalue weighted by atomic mass is 9.92. The Morgan fingerprint density at radius 2 is 1.27 bits per heavy atom. The molecule has 8 rings (SSSR count). The van der Waals surface area contributed by atoms with E-state index in [2.05, 4.69) is 43.0 Å². The maximum Gasteiger partial charge on any atom is 0.261 e. The number of likely N-dealkylation sites (N-methyl/N-ethyl adjacent to an activating group) is 1. The molecular formula is C40H43BrN6O4. The molecule has 1 saturated heterocycles. The number of piperazine rings is 1. The van der Waals surface area contributed by atoms with Crippen LogP contribution in [0.2, 0.25) is 0 Å². The monoisotopic (exact) mass is 750 g/mol. The van der Waals surface area contributed by atoms with Crippen LogP contribution in [0.3, 0.4) is 0 Å². The second kappa shape index (κ2) is 14.1. The smallest absolute Gasteiger partial charge is 0.261 e. The van der Waals surface area contributed by atoms with Crippen LogP contribution in [0.4, 0.5) is 5.69 Å². The normalized spacial score (nSPS) is 17.9. The molecule has 0 bridgehead atoms. The third-order valence-corrected chi connectivity index (χ3v) is 11.6. The Kier molecular flexibility index (Phi) is 9.39. The van der Waals surface area contributed by atoms with Crippen LogP contribution < -0.4 is 10.2 Å². The number of nitrogens with one attached hydrogen (secondary N) is 1. The highest BCUT2D eigenvalue weighted by Gasteiger charge is 2.35. The molecule has 10 nitrogen and oxygen atoms in total. The summed E-state index contributed by atoms with van der Waals surface area (Å²) in [5, 5.41) is 6.78. The van der Waals surface area contributed by atoms with E-state index in [4.69, 9.17) is 0 Å². The Labute approximate surface area is 306 Å². The number of benzene rings is 4. The van der Waals surface area contributed by atoms with E-state index in [0.29, 0.717) is 54.4 Å². The van der Waals surface area contributed by atoms with Crippen LogP contribution in [0, 0.1) is 5.92 Å². The zero-order valence-electron chi connectivity index (χ0n) is 29.0. The van der Waals surface area contributed by atoms with Crippen molar-refractivity contribution in [1.29, 1.82) is 0 Å². The van der Waals surface area contributed by atoms with Crippen molar-refractivity contribution < 1.29 is 19.2 Å². The van der Waals surface area contributed by atoms with Gasteiger partial charge in [-0.3, -0.25) is 29.0 Å². The zero-order chi connectivity index (χ0) is 35.2. The van der Waals surface area contributed by atoms with Crippen LogP contribution in [0.5, 0.6) is 0 Å². The standard InChI is InChI=1S/C40H43BrN6O4/c1-43-19-22-45(23-20-43)34-14-12-32-36-28(34)6-3-8-30(36)37(48)46(39(32)50)18-16-42-15-4-17-44(25-26-9-10-26)21-24-47-38(49)29-7-2-5-27-33(41)13-11-31(35(27)29)40(47)51/h2-3,5-8,11-14,26,42H,4,9-10,15-25H2,1H3. The fraction of sp³-hybridized carbons (Fsp3) is 0.400. The second-order valence-electron chi connectivity index (χ2n) is 14.3. The Morgan fingerprint density at radius 1 is 0.686 bits per heavy atom. The Morgan fingerprint density at radius 3 is 1.94 bits per heavy atom. The second-order valence-corrected chi connectivity index (χ2v) is 15.2. The van der Waals surface area contributed by atoms with Gasteiger partial charge in [0.1, 0.15) is 0 Å². The predicted molar refractivity (Wildman–Crippen MR) is 203 cm³/mol. The molecule has 3 aliphatic heterocycles. The van der Waals surface area contributed by atoms with Gasteiger partial charge in [-0.25, -0.2) is 0 Å². The number of halogens is 1. The number of anilines is 1. The number of imide groups is 2. The summed E-state index contributed by atoms with van der Waals surface area (Å²) in [5.41, 5.74) is 3.41. The average molecular weight is 752 g/mol. The molecule has 1 saturated carbocycles. The van der Waals surface area contributed by atoms with Crippen LogP contribution in [-0.2, 0) is 0 Å². The van der Waals surface area contributed by atoms with Gasteiger partial charge in [0.05, 0.1) is 0 Å². The van der Waals surface area contributed by atoms with Crippen molar-refractivity contribution in [1.82, 2.24) is 24.9 Å². The topological polar surface area (TPSA) is 96.5 Å². The van der Waals surface area contributed by atoms with E-state index < -0.39 is 0 Å². The SMILES string of the molecule is CN1CCN(c2ccc3c4c(cccc24)C(=O)N(CCNCCCN(CCN2C(=O)c4cccc5c(Br)ccc(c45)C2=O)CC2CC2)C3=O)CC1. The molecule has 0 radical (unpaired) electrons. The molecular weight excluding hydrogens is 708 g/mol. The zero-order valence-corrected chi connectivity index (χ0v) is 30.6. The van der Waals surface area contributed by atoms with Crippen molar-refractivity contribution in [3.05, 3.63) is 87.4 Å². The van der Waals surface area contributed by atoms with Gasteiger partial charge in [-0.15, -0.1) is 0 Å². The fourth-order valence-electron chi connectivity index (χ4n) is 7.92. The van der Waals surface area contributed by atoms with Gasteiger partial charge in [0.25, 0.3) is 23.6 Å². The molecule has 0 aromatic heterocycles. The minimum Gasteiger partial charge on any atom is -0.368 e. The molecule has 0 unspecified atom stereocenters. The quantitative estimate of drug-likeness (QED) is 0.149. The van der Waals surface area contributed by atoms with E-state index in [1.165, 1.54) is 22.6 Å². The number of nitrogens with zero attached hydrogens (tertiary/aromatic N) is 5. The van der Waals surface area contributed by atoms with Gasteiger partial charge in [0.15, 0.2) is 0 Å². The molecule has 4 aromatic rings. The van der Waals surface area contributed by atoms with E-state index in [1.807, 2.05) is 54.6 Å². The number of amides is 4. The van der Waals surface area contributed by atoms with Crippen molar-refractivity contribution in [3.8, 4) is 0 Å². The molecule has 0 atom stereocenters. The van der Waals surface area contributed by atoms with Crippen LogP contribution in [0.25, 0.3) is 21.5 Å². The first kappa shape index (κ1) is 34.0. The van der Waals surface area contributed by atoms with Crippen LogP contribution in [-0.4, -0.2) is 122 Å². The van der Waals surface area contributed by atoms with Gasteiger partial charge in [-0.05, 0) is 87.1 Å². The highest BCUT2D eigenvalue weighted by Crippen LogP contribution is 2.37. The largest absolute Gasteiger partial charge is 0.368 e. The van der Waals surface area contributed by atoms with E-state index in [-0.39, 0.29) is 23.6 Å². The number of carbonyl (C=O) groups excluding carboxylic acids is 4. The molecule has 4 aliphatic rings. The Bertz CT molecular complexity index is 2010. The highest BCUT2D eigenvalue weighted by atomic mass is 79.9. The summed E-state index contributed by atoms with van der Waals surface area (Å²) in [6.07, 6.45) is 3.29. The number of hydrogen-bond acceptors (Lipinski definition) is 8. The van der Waals surface area contributed by atoms with E-state index in [0.717, 1.165) is 83.9 Å². The first-order chi connectivity index (χ1) is 24.8.